The lowest BCUT2D eigenvalue weighted by molar-refractivity contribution is 0.0391. The molecule has 0 N–H and O–H groups in total. The Balaban J connectivity index is 1.62. The van der Waals surface area contributed by atoms with Crippen molar-refractivity contribution in [2.24, 2.45) is 0 Å². The second kappa shape index (κ2) is 8.61. The summed E-state index contributed by atoms with van der Waals surface area (Å²) < 4.78 is 20.9. The number of anilines is 1. The SMILES string of the molecule is Cc1cc([C@H]2CN(c3nc(-c4ccc(Cl)cc4F)c4nc(C)c(C)nc4n3)CCO2)ccn1. The number of aryl methyl sites for hydroxylation is 3. The number of aromatic nitrogens is 5. The van der Waals surface area contributed by atoms with Gasteiger partial charge in [0, 0.05) is 29.0 Å². The van der Waals surface area contributed by atoms with E-state index in [1.54, 1.807) is 18.3 Å². The third-order valence-corrected chi connectivity index (χ3v) is 5.99. The Morgan fingerprint density at radius 1 is 1.03 bits per heavy atom. The Bertz CT molecular complexity index is 1360. The fourth-order valence-corrected chi connectivity index (χ4v) is 4.07. The highest BCUT2D eigenvalue weighted by atomic mass is 35.5. The molecule has 0 spiro atoms. The maximum atomic E-state index is 14.9. The first-order valence-electron chi connectivity index (χ1n) is 10.7. The van der Waals surface area contributed by atoms with Crippen LogP contribution in [0.5, 0.6) is 0 Å². The van der Waals surface area contributed by atoms with Crippen molar-refractivity contribution in [2.75, 3.05) is 24.6 Å². The topological polar surface area (TPSA) is 76.9 Å². The van der Waals surface area contributed by atoms with Gasteiger partial charge in [-0.2, -0.15) is 4.98 Å². The van der Waals surface area contributed by atoms with Crippen molar-refractivity contribution in [1.29, 1.82) is 0 Å². The van der Waals surface area contributed by atoms with E-state index in [0.29, 0.717) is 53.1 Å². The number of hydrogen-bond donors (Lipinski definition) is 0. The van der Waals surface area contributed by atoms with Gasteiger partial charge in [-0.25, -0.2) is 19.3 Å². The molecule has 168 valence electrons. The quantitative estimate of drug-likeness (QED) is 0.432. The lowest BCUT2D eigenvalue weighted by Crippen LogP contribution is -2.39. The molecule has 3 aromatic heterocycles. The lowest BCUT2D eigenvalue weighted by Gasteiger charge is -2.33. The molecule has 33 heavy (non-hydrogen) atoms. The van der Waals surface area contributed by atoms with Crippen LogP contribution in [-0.2, 0) is 4.74 Å². The van der Waals surface area contributed by atoms with E-state index in [0.717, 1.165) is 22.6 Å². The van der Waals surface area contributed by atoms with Crippen molar-refractivity contribution in [3.8, 4) is 11.3 Å². The fraction of sp³-hybridized carbons (Fsp3) is 0.292. The maximum Gasteiger partial charge on any atom is 0.228 e. The zero-order valence-corrected chi connectivity index (χ0v) is 19.3. The average molecular weight is 465 g/mol. The van der Waals surface area contributed by atoms with Crippen molar-refractivity contribution in [2.45, 2.75) is 26.9 Å². The molecule has 1 aliphatic heterocycles. The number of nitrogens with zero attached hydrogens (tertiary/aromatic N) is 6. The Kier molecular flexibility index (Phi) is 5.64. The van der Waals surface area contributed by atoms with E-state index < -0.39 is 5.82 Å². The van der Waals surface area contributed by atoms with E-state index in [-0.39, 0.29) is 6.10 Å². The molecule has 1 fully saturated rings. The maximum absolute atomic E-state index is 14.9. The summed E-state index contributed by atoms with van der Waals surface area (Å²) in [5.74, 6) is -0.0101. The number of morpholine rings is 1. The number of pyridine rings is 1. The number of fused-ring (bicyclic) bond motifs is 1. The van der Waals surface area contributed by atoms with E-state index >= 15 is 0 Å². The van der Waals surface area contributed by atoms with Gasteiger partial charge >= 0.3 is 0 Å². The van der Waals surface area contributed by atoms with E-state index in [1.807, 2.05) is 37.8 Å². The first-order valence-corrected chi connectivity index (χ1v) is 11.0. The van der Waals surface area contributed by atoms with Gasteiger partial charge in [0.15, 0.2) is 5.65 Å². The minimum absolute atomic E-state index is 0.152. The largest absolute Gasteiger partial charge is 0.370 e. The average Bonchev–Trinajstić information content (AvgIpc) is 2.80. The summed E-state index contributed by atoms with van der Waals surface area (Å²) in [6.07, 6.45) is 1.63. The number of halogens is 2. The minimum atomic E-state index is -0.472. The second-order valence-electron chi connectivity index (χ2n) is 8.10. The highest BCUT2D eigenvalue weighted by Gasteiger charge is 2.26. The molecule has 4 heterocycles. The first kappa shape index (κ1) is 21.6. The molecule has 1 atom stereocenters. The van der Waals surface area contributed by atoms with Crippen LogP contribution in [0.4, 0.5) is 10.3 Å². The van der Waals surface area contributed by atoms with Gasteiger partial charge < -0.3 is 9.64 Å². The molecule has 9 heteroatoms. The number of benzene rings is 1. The lowest BCUT2D eigenvalue weighted by atomic mass is 10.1. The Hall–Kier alpha value is -3.23. The molecular weight excluding hydrogens is 443 g/mol. The van der Waals surface area contributed by atoms with E-state index in [9.17, 15) is 4.39 Å². The van der Waals surface area contributed by atoms with Crippen LogP contribution in [0, 0.1) is 26.6 Å². The van der Waals surface area contributed by atoms with Gasteiger partial charge in [-0.1, -0.05) is 11.6 Å². The molecule has 1 aliphatic rings. The molecule has 5 rings (SSSR count). The summed E-state index contributed by atoms with van der Waals surface area (Å²) >= 11 is 5.98. The molecule has 0 bridgehead atoms. The third kappa shape index (κ3) is 4.24. The second-order valence-corrected chi connectivity index (χ2v) is 8.54. The first-order chi connectivity index (χ1) is 15.9. The van der Waals surface area contributed by atoms with E-state index in [4.69, 9.17) is 26.3 Å². The summed E-state index contributed by atoms with van der Waals surface area (Å²) in [5, 5.41) is 0.316. The van der Waals surface area contributed by atoms with Crippen molar-refractivity contribution >= 4 is 28.7 Å². The van der Waals surface area contributed by atoms with E-state index in [1.165, 1.54) is 6.07 Å². The standard InChI is InChI=1S/C24H22ClFN6O/c1-13-10-16(6-7-27-13)20-12-32(8-9-33-20)24-30-21(18-5-4-17(25)11-19(18)26)22-23(31-24)29-15(3)14(2)28-22/h4-7,10-11,20H,8-9,12H2,1-3H3/t20-/m1/s1. The van der Waals surface area contributed by atoms with Crippen molar-refractivity contribution in [3.63, 3.8) is 0 Å². The molecule has 1 saturated heterocycles. The zero-order valence-electron chi connectivity index (χ0n) is 18.5. The number of hydrogen-bond acceptors (Lipinski definition) is 7. The Morgan fingerprint density at radius 2 is 1.85 bits per heavy atom. The monoisotopic (exact) mass is 464 g/mol. The molecule has 7 nitrogen and oxygen atoms in total. The van der Waals surface area contributed by atoms with Gasteiger partial charge in [-0.15, -0.1) is 0 Å². The van der Waals surface area contributed by atoms with Gasteiger partial charge in [0.05, 0.1) is 24.5 Å². The van der Waals surface area contributed by atoms with Crippen LogP contribution in [0.15, 0.2) is 36.5 Å². The molecule has 0 saturated carbocycles. The predicted molar refractivity (Wildman–Crippen MR) is 125 cm³/mol. The number of rotatable bonds is 3. The smallest absolute Gasteiger partial charge is 0.228 e. The van der Waals surface area contributed by atoms with Gasteiger partial charge in [0.2, 0.25) is 5.95 Å². The molecule has 0 aliphatic carbocycles. The predicted octanol–water partition coefficient (Wildman–Crippen LogP) is 4.78. The summed E-state index contributed by atoms with van der Waals surface area (Å²) in [5.41, 5.74) is 5.06. The molecular formula is C24H22ClFN6O. The summed E-state index contributed by atoms with van der Waals surface area (Å²) in [6.45, 7) is 7.36. The van der Waals surface area contributed by atoms with Crippen LogP contribution >= 0.6 is 11.6 Å². The Morgan fingerprint density at radius 3 is 2.64 bits per heavy atom. The third-order valence-electron chi connectivity index (χ3n) is 5.76. The van der Waals surface area contributed by atoms with Gasteiger partial charge in [0.1, 0.15) is 23.1 Å². The highest BCUT2D eigenvalue weighted by molar-refractivity contribution is 6.30. The zero-order chi connectivity index (χ0) is 23.1. The van der Waals surface area contributed by atoms with Crippen molar-refractivity contribution in [3.05, 3.63) is 70.0 Å². The fourth-order valence-electron chi connectivity index (χ4n) is 3.91. The van der Waals surface area contributed by atoms with Crippen LogP contribution in [-0.4, -0.2) is 44.6 Å². The molecule has 0 radical (unpaired) electrons. The van der Waals surface area contributed by atoms with Crippen molar-refractivity contribution in [1.82, 2.24) is 24.9 Å². The molecule has 0 unspecified atom stereocenters. The van der Waals surface area contributed by atoms with Gasteiger partial charge in [-0.05, 0) is 56.7 Å². The highest BCUT2D eigenvalue weighted by Crippen LogP contribution is 2.32. The molecule has 0 amide bonds. The molecule has 1 aromatic carbocycles. The van der Waals surface area contributed by atoms with Crippen LogP contribution in [0.1, 0.15) is 28.7 Å². The minimum Gasteiger partial charge on any atom is -0.370 e. The summed E-state index contributed by atoms with van der Waals surface area (Å²) in [6, 6.07) is 8.49. The van der Waals surface area contributed by atoms with Crippen LogP contribution in [0.25, 0.3) is 22.4 Å². The summed E-state index contributed by atoms with van der Waals surface area (Å²) in [7, 11) is 0. The van der Waals surface area contributed by atoms with Crippen molar-refractivity contribution < 1.29 is 9.13 Å². The van der Waals surface area contributed by atoms with Gasteiger partial charge in [-0.3, -0.25) is 4.98 Å². The van der Waals surface area contributed by atoms with E-state index in [2.05, 4.69) is 15.0 Å². The van der Waals surface area contributed by atoms with Crippen LogP contribution in [0.2, 0.25) is 5.02 Å². The number of ether oxygens (including phenoxy) is 1. The van der Waals surface area contributed by atoms with Crippen LogP contribution < -0.4 is 4.90 Å². The van der Waals surface area contributed by atoms with Gasteiger partial charge in [0.25, 0.3) is 0 Å². The molecule has 4 aromatic rings. The summed E-state index contributed by atoms with van der Waals surface area (Å²) in [4.78, 5) is 25.0. The van der Waals surface area contributed by atoms with Crippen LogP contribution in [0.3, 0.4) is 0 Å². The Labute approximate surface area is 195 Å². The normalized spacial score (nSPS) is 16.4.